The Hall–Kier alpha value is -0.460. The van der Waals surface area contributed by atoms with Gasteiger partial charge < -0.3 is 33.7 Å². The highest BCUT2D eigenvalue weighted by atomic mass is 35.5. The number of halogens is 3. The van der Waals surface area contributed by atoms with Crippen LogP contribution in [0.25, 0.3) is 0 Å². The molecule has 0 aromatic carbocycles. The van der Waals surface area contributed by atoms with Crippen molar-refractivity contribution in [2.24, 2.45) is 0 Å². The number of likely N-dealkylation sites (N-methyl/N-ethyl adjacent to an activating group) is 1. The van der Waals surface area contributed by atoms with Gasteiger partial charge in [0, 0.05) is 13.1 Å². The zero-order chi connectivity index (χ0) is 12.2. The first kappa shape index (κ1) is 23.6. The molecule has 0 amide bonds. The van der Waals surface area contributed by atoms with Crippen LogP contribution >= 0.6 is 24.8 Å². The van der Waals surface area contributed by atoms with Gasteiger partial charge in [0.2, 0.25) is 0 Å². The van der Waals surface area contributed by atoms with E-state index < -0.39 is 0 Å². The van der Waals surface area contributed by atoms with Crippen molar-refractivity contribution in [3.8, 4) is 0 Å². The molecule has 114 valence electrons. The molecule has 0 aliphatic rings. The zero-order valence-corrected chi connectivity index (χ0v) is 13.9. The van der Waals surface area contributed by atoms with Crippen molar-refractivity contribution < 1.29 is 16.9 Å². The maximum Gasteiger partial charge on any atom is 0.0907 e. The average Bonchev–Trinajstić information content (AvgIpc) is 2.13. The van der Waals surface area contributed by atoms with E-state index in [1.54, 1.807) is 12.3 Å². The minimum atomic E-state index is 0. The Kier molecular flexibility index (Phi) is 12.9. The highest BCUT2D eigenvalue weighted by Gasteiger charge is 2.06. The van der Waals surface area contributed by atoms with Gasteiger partial charge in [0.15, 0.2) is 0 Å². The molecule has 1 heterocycles. The Morgan fingerprint density at radius 3 is 2.26 bits per heavy atom. The van der Waals surface area contributed by atoms with Crippen LogP contribution in [0, 0.1) is 0 Å². The van der Waals surface area contributed by atoms with Gasteiger partial charge in [-0.15, -0.1) is 24.8 Å². The maximum atomic E-state index is 5.80. The molecular formula is C11H24Cl3N5. The largest absolute Gasteiger partial charge is 1.00 e. The van der Waals surface area contributed by atoms with Gasteiger partial charge in [-0.3, -0.25) is 4.98 Å². The van der Waals surface area contributed by atoms with Crippen molar-refractivity contribution in [2.45, 2.75) is 6.54 Å². The van der Waals surface area contributed by atoms with Gasteiger partial charge in [-0.25, -0.2) is 0 Å². The van der Waals surface area contributed by atoms with Crippen LogP contribution in [-0.4, -0.2) is 43.7 Å². The van der Waals surface area contributed by atoms with E-state index in [9.17, 15) is 0 Å². The van der Waals surface area contributed by atoms with E-state index in [2.05, 4.69) is 31.4 Å². The molecule has 1 aromatic heterocycles. The molecule has 0 unspecified atom stereocenters. The lowest BCUT2D eigenvalue weighted by Gasteiger charge is -2.23. The summed E-state index contributed by atoms with van der Waals surface area (Å²) >= 11 is 0. The molecule has 1 aromatic rings. The molecule has 19 heavy (non-hydrogen) atoms. The molecule has 5 nitrogen and oxygen atoms in total. The van der Waals surface area contributed by atoms with Crippen LogP contribution in [0.3, 0.4) is 0 Å². The molecule has 8 heteroatoms. The molecule has 0 spiro atoms. The fourth-order valence-corrected chi connectivity index (χ4v) is 1.30. The number of nitrogens with zero attached hydrogens (tertiary/aromatic N) is 2. The zero-order valence-electron chi connectivity index (χ0n) is 11.5. The average molecular weight is 333 g/mol. The summed E-state index contributed by atoms with van der Waals surface area (Å²) in [6, 6.07) is 1.74. The van der Waals surface area contributed by atoms with Gasteiger partial charge in [-0.05, 0) is 6.07 Å². The Labute approximate surface area is 133 Å². The maximum absolute atomic E-state index is 5.80. The Morgan fingerprint density at radius 2 is 1.79 bits per heavy atom. The van der Waals surface area contributed by atoms with Crippen molar-refractivity contribution in [2.75, 3.05) is 45.7 Å². The van der Waals surface area contributed by atoms with Crippen molar-refractivity contribution in [1.29, 1.82) is 0 Å². The number of quaternary nitrogens is 1. The summed E-state index contributed by atoms with van der Waals surface area (Å²) in [4.78, 5) is 4.19. The third-order valence-electron chi connectivity index (χ3n) is 2.28. The standard InChI is InChI=1S/C11H22N5.3ClH/c1-16(2,3)5-4-14-8-11-10(13)6-9(12)7-15-11;;;/h6-7,14H,4-5,8,12-13H2,1-3H3;3*1H/q+1;;;/p-1. The van der Waals surface area contributed by atoms with Crippen molar-refractivity contribution in [3.63, 3.8) is 0 Å². The van der Waals surface area contributed by atoms with E-state index in [1.807, 2.05) is 0 Å². The number of nitrogens with two attached hydrogens (primary N) is 2. The summed E-state index contributed by atoms with van der Waals surface area (Å²) in [5.41, 5.74) is 13.5. The molecular weight excluding hydrogens is 309 g/mol. The van der Waals surface area contributed by atoms with Crippen LogP contribution in [-0.2, 0) is 6.54 Å². The second kappa shape index (κ2) is 10.3. The van der Waals surface area contributed by atoms with Crippen molar-refractivity contribution in [3.05, 3.63) is 18.0 Å². The molecule has 5 N–H and O–H groups in total. The van der Waals surface area contributed by atoms with E-state index in [-0.39, 0.29) is 37.2 Å². The number of hydrogen-bond donors (Lipinski definition) is 3. The lowest BCUT2D eigenvalue weighted by Crippen LogP contribution is -3.00. The highest BCUT2D eigenvalue weighted by molar-refractivity contribution is 5.85. The predicted molar refractivity (Wildman–Crippen MR) is 82.2 cm³/mol. The summed E-state index contributed by atoms with van der Waals surface area (Å²) in [5, 5.41) is 3.32. The molecule has 0 saturated carbocycles. The molecule has 0 atom stereocenters. The Morgan fingerprint density at radius 1 is 1.21 bits per heavy atom. The number of rotatable bonds is 5. The first-order valence-electron chi connectivity index (χ1n) is 5.39. The van der Waals surface area contributed by atoms with Crippen molar-refractivity contribution in [1.82, 2.24) is 10.3 Å². The minimum absolute atomic E-state index is 0. The van der Waals surface area contributed by atoms with Crippen LogP contribution in [0.2, 0.25) is 0 Å². The number of aromatic nitrogens is 1. The summed E-state index contributed by atoms with van der Waals surface area (Å²) in [5.74, 6) is 0. The van der Waals surface area contributed by atoms with E-state index in [0.717, 1.165) is 23.3 Å². The number of nitrogens with one attached hydrogen (secondary N) is 1. The van der Waals surface area contributed by atoms with Gasteiger partial charge in [-0.2, -0.15) is 0 Å². The van der Waals surface area contributed by atoms with Crippen molar-refractivity contribution >= 4 is 36.2 Å². The van der Waals surface area contributed by atoms with Crippen LogP contribution in [0.4, 0.5) is 11.4 Å². The van der Waals surface area contributed by atoms with E-state index in [4.69, 9.17) is 11.5 Å². The monoisotopic (exact) mass is 331 g/mol. The second-order valence-corrected chi connectivity index (χ2v) is 5.00. The van der Waals surface area contributed by atoms with E-state index >= 15 is 0 Å². The number of anilines is 2. The van der Waals surface area contributed by atoms with Crippen LogP contribution in [0.5, 0.6) is 0 Å². The molecule has 0 saturated heterocycles. The van der Waals surface area contributed by atoms with Gasteiger partial charge in [0.25, 0.3) is 0 Å². The van der Waals surface area contributed by atoms with Gasteiger partial charge in [0.05, 0.1) is 51.0 Å². The molecule has 0 aliphatic heterocycles. The Bertz CT molecular complexity index is 355. The number of pyridine rings is 1. The smallest absolute Gasteiger partial charge is 0.0907 e. The quantitative estimate of drug-likeness (QED) is 0.426. The highest BCUT2D eigenvalue weighted by Crippen LogP contribution is 2.11. The van der Waals surface area contributed by atoms with Gasteiger partial charge in [0.1, 0.15) is 0 Å². The van der Waals surface area contributed by atoms with E-state index in [1.165, 1.54) is 0 Å². The van der Waals surface area contributed by atoms with Crippen LogP contribution in [0.15, 0.2) is 12.3 Å². The van der Waals surface area contributed by atoms with Crippen LogP contribution in [0.1, 0.15) is 5.69 Å². The topological polar surface area (TPSA) is 77.0 Å². The summed E-state index contributed by atoms with van der Waals surface area (Å²) in [7, 11) is 6.49. The lowest BCUT2D eigenvalue weighted by atomic mass is 10.3. The van der Waals surface area contributed by atoms with Gasteiger partial charge in [-0.1, -0.05) is 0 Å². The third-order valence-corrected chi connectivity index (χ3v) is 2.28. The van der Waals surface area contributed by atoms with E-state index in [0.29, 0.717) is 17.9 Å². The molecule has 0 aliphatic carbocycles. The lowest BCUT2D eigenvalue weighted by molar-refractivity contribution is -0.869. The minimum Gasteiger partial charge on any atom is -1.00 e. The second-order valence-electron chi connectivity index (χ2n) is 5.00. The Balaban J connectivity index is -0.000000853. The number of nitrogen functional groups attached to an aromatic ring is 2. The summed E-state index contributed by atoms with van der Waals surface area (Å²) < 4.78 is 0.942. The predicted octanol–water partition coefficient (Wildman–Crippen LogP) is -2.11. The molecule has 1 rings (SSSR count). The first-order valence-corrected chi connectivity index (χ1v) is 5.39. The molecule has 0 bridgehead atoms. The van der Waals surface area contributed by atoms with Gasteiger partial charge >= 0.3 is 0 Å². The summed E-state index contributed by atoms with van der Waals surface area (Å²) in [6.07, 6.45) is 1.63. The number of hydrogen-bond acceptors (Lipinski definition) is 4. The van der Waals surface area contributed by atoms with Crippen LogP contribution < -0.4 is 29.2 Å². The normalized spacial score (nSPS) is 9.84. The summed E-state index contributed by atoms with van der Waals surface area (Å²) in [6.45, 7) is 2.69. The fraction of sp³-hybridized carbons (Fsp3) is 0.545. The molecule has 0 radical (unpaired) electrons. The fourth-order valence-electron chi connectivity index (χ4n) is 1.30. The third kappa shape index (κ3) is 10.0. The molecule has 0 fully saturated rings. The SMILES string of the molecule is C[N+](C)(C)CCNCc1ncc(N)cc1N.Cl.Cl.[Cl-]. The first-order chi connectivity index (χ1) is 7.38.